The van der Waals surface area contributed by atoms with E-state index in [2.05, 4.69) is 0 Å². The summed E-state index contributed by atoms with van der Waals surface area (Å²) >= 11 is 0. The molecule has 0 aliphatic carbocycles. The van der Waals surface area contributed by atoms with Gasteiger partial charge in [-0.2, -0.15) is 0 Å². The molecule has 4 heteroatoms. The first-order valence-electron chi connectivity index (χ1n) is 5.63. The van der Waals surface area contributed by atoms with Gasteiger partial charge in [0.15, 0.2) is 11.5 Å². The molecular weight excluding hydrogens is 220 g/mol. The first-order chi connectivity index (χ1) is 8.05. The van der Waals surface area contributed by atoms with Crippen molar-refractivity contribution in [3.8, 4) is 17.2 Å². The molecule has 4 nitrogen and oxygen atoms in total. The van der Waals surface area contributed by atoms with Crippen LogP contribution >= 0.6 is 0 Å². The fourth-order valence-corrected chi connectivity index (χ4v) is 1.87. The van der Waals surface area contributed by atoms with Crippen LogP contribution in [0, 0.1) is 5.41 Å². The van der Waals surface area contributed by atoms with Crippen molar-refractivity contribution in [3.05, 3.63) is 17.7 Å². The number of aliphatic hydroxyl groups excluding tert-OH is 1. The minimum Gasteiger partial charge on any atom is -0.496 e. The lowest BCUT2D eigenvalue weighted by Gasteiger charge is -2.22. The van der Waals surface area contributed by atoms with E-state index in [1.165, 1.54) is 0 Å². The third-order valence-electron chi connectivity index (χ3n) is 2.87. The lowest BCUT2D eigenvalue weighted by Crippen LogP contribution is -2.20. The van der Waals surface area contributed by atoms with Crippen molar-refractivity contribution in [1.29, 1.82) is 0 Å². The van der Waals surface area contributed by atoms with Gasteiger partial charge in [0.05, 0.1) is 7.11 Å². The van der Waals surface area contributed by atoms with Gasteiger partial charge in [-0.05, 0) is 23.5 Å². The summed E-state index contributed by atoms with van der Waals surface area (Å²) in [5, 5.41) is 9.32. The Bertz CT molecular complexity index is 412. The number of hydrogen-bond donors (Lipinski definition) is 1. The maximum atomic E-state index is 9.32. The number of aliphatic hydroxyl groups is 1. The van der Waals surface area contributed by atoms with E-state index in [4.69, 9.17) is 14.2 Å². The number of ether oxygens (including phenoxy) is 3. The van der Waals surface area contributed by atoms with Crippen molar-refractivity contribution in [3.63, 3.8) is 0 Å². The Morgan fingerprint density at radius 1 is 1.29 bits per heavy atom. The van der Waals surface area contributed by atoms with Gasteiger partial charge in [-0.25, -0.2) is 0 Å². The van der Waals surface area contributed by atoms with Crippen LogP contribution in [0.1, 0.15) is 19.4 Å². The molecule has 1 aliphatic heterocycles. The molecule has 1 N–H and O–H groups in total. The lowest BCUT2D eigenvalue weighted by molar-refractivity contribution is 0.158. The topological polar surface area (TPSA) is 47.9 Å². The summed E-state index contributed by atoms with van der Waals surface area (Å²) < 4.78 is 16.0. The molecule has 0 atom stereocenters. The fourth-order valence-electron chi connectivity index (χ4n) is 1.87. The highest BCUT2D eigenvalue weighted by Gasteiger charge is 2.23. The summed E-state index contributed by atoms with van der Waals surface area (Å²) in [6.07, 6.45) is 0.726. The predicted octanol–water partition coefficient (Wildman–Crippen LogP) is 1.98. The van der Waals surface area contributed by atoms with Crippen LogP contribution in [0.25, 0.3) is 0 Å². The van der Waals surface area contributed by atoms with E-state index in [1.807, 2.05) is 26.0 Å². The monoisotopic (exact) mass is 238 g/mol. The molecule has 0 bridgehead atoms. The molecule has 94 valence electrons. The van der Waals surface area contributed by atoms with Crippen molar-refractivity contribution >= 4 is 0 Å². The minimum atomic E-state index is -0.180. The van der Waals surface area contributed by atoms with Crippen LogP contribution in [0.3, 0.4) is 0 Å². The molecule has 0 spiro atoms. The van der Waals surface area contributed by atoms with Crippen LogP contribution in [-0.2, 0) is 6.42 Å². The summed E-state index contributed by atoms with van der Waals surface area (Å²) in [5.41, 5.74) is 0.844. The van der Waals surface area contributed by atoms with Crippen LogP contribution in [0.5, 0.6) is 17.2 Å². The summed E-state index contributed by atoms with van der Waals surface area (Å²) in [7, 11) is 1.63. The average molecular weight is 238 g/mol. The van der Waals surface area contributed by atoms with Gasteiger partial charge in [-0.15, -0.1) is 0 Å². The van der Waals surface area contributed by atoms with Crippen LogP contribution in [-0.4, -0.2) is 25.6 Å². The molecule has 0 aromatic heterocycles. The van der Waals surface area contributed by atoms with E-state index in [9.17, 15) is 5.11 Å². The fraction of sp³-hybridized carbons (Fsp3) is 0.538. The second-order valence-electron chi connectivity index (χ2n) is 5.02. The van der Waals surface area contributed by atoms with E-state index >= 15 is 0 Å². The number of methoxy groups -OCH3 is 1. The zero-order chi connectivity index (χ0) is 12.5. The van der Waals surface area contributed by atoms with Crippen molar-refractivity contribution < 1.29 is 19.3 Å². The molecule has 0 amide bonds. The molecule has 1 aromatic carbocycles. The molecule has 0 fully saturated rings. The van der Waals surface area contributed by atoms with Gasteiger partial charge >= 0.3 is 0 Å². The maximum Gasteiger partial charge on any atom is 0.231 e. The number of hydrogen-bond acceptors (Lipinski definition) is 4. The van der Waals surface area contributed by atoms with Gasteiger partial charge < -0.3 is 19.3 Å². The Labute approximate surface area is 101 Å². The normalized spacial score (nSPS) is 13.9. The van der Waals surface area contributed by atoms with Gasteiger partial charge in [0.25, 0.3) is 0 Å². The maximum absolute atomic E-state index is 9.32. The third kappa shape index (κ3) is 2.47. The highest BCUT2D eigenvalue weighted by molar-refractivity contribution is 5.52. The number of fused-ring (bicyclic) bond motifs is 1. The Morgan fingerprint density at radius 2 is 1.94 bits per heavy atom. The Morgan fingerprint density at radius 3 is 2.53 bits per heavy atom. The van der Waals surface area contributed by atoms with Crippen molar-refractivity contribution in [2.75, 3.05) is 20.5 Å². The molecule has 17 heavy (non-hydrogen) atoms. The Hall–Kier alpha value is -1.42. The molecule has 0 saturated heterocycles. The van der Waals surface area contributed by atoms with Gasteiger partial charge in [0, 0.05) is 12.7 Å². The highest BCUT2D eigenvalue weighted by atomic mass is 16.7. The van der Waals surface area contributed by atoms with E-state index in [-0.39, 0.29) is 18.8 Å². The molecule has 1 aliphatic rings. The molecule has 2 rings (SSSR count). The Kier molecular flexibility index (Phi) is 3.15. The summed E-state index contributed by atoms with van der Waals surface area (Å²) in [6.45, 7) is 4.41. The number of rotatable bonds is 4. The molecule has 0 saturated carbocycles. The lowest BCUT2D eigenvalue weighted by atomic mass is 9.86. The molecule has 0 unspecified atom stereocenters. The summed E-state index contributed by atoms with van der Waals surface area (Å²) in [6, 6.07) is 3.77. The van der Waals surface area contributed by atoms with Gasteiger partial charge in [-0.1, -0.05) is 13.8 Å². The summed E-state index contributed by atoms with van der Waals surface area (Å²) in [4.78, 5) is 0. The van der Waals surface area contributed by atoms with Crippen LogP contribution in [0.15, 0.2) is 12.1 Å². The molecule has 1 heterocycles. The average Bonchev–Trinajstić information content (AvgIpc) is 2.74. The first kappa shape index (κ1) is 12.0. The minimum absolute atomic E-state index is 0.130. The molecule has 1 aromatic rings. The van der Waals surface area contributed by atoms with Gasteiger partial charge in [0.2, 0.25) is 6.79 Å². The van der Waals surface area contributed by atoms with Crippen LogP contribution in [0.4, 0.5) is 0 Å². The second-order valence-corrected chi connectivity index (χ2v) is 5.02. The molecular formula is C13H18O4. The van der Waals surface area contributed by atoms with Gasteiger partial charge in [-0.3, -0.25) is 0 Å². The zero-order valence-electron chi connectivity index (χ0n) is 10.4. The van der Waals surface area contributed by atoms with Crippen molar-refractivity contribution in [1.82, 2.24) is 0 Å². The zero-order valence-corrected chi connectivity index (χ0v) is 10.4. The first-order valence-corrected chi connectivity index (χ1v) is 5.63. The van der Waals surface area contributed by atoms with E-state index in [1.54, 1.807) is 7.11 Å². The quantitative estimate of drug-likeness (QED) is 0.871. The standard InChI is InChI=1S/C13H18O4/c1-13(2,7-14)6-9-4-11-12(17-8-16-11)5-10(9)15-3/h4-5,14H,6-8H2,1-3H3. The van der Waals surface area contributed by atoms with Gasteiger partial charge in [0.1, 0.15) is 5.75 Å². The van der Waals surface area contributed by atoms with Crippen molar-refractivity contribution in [2.24, 2.45) is 5.41 Å². The Balaban J connectivity index is 2.33. The van der Waals surface area contributed by atoms with E-state index in [0.29, 0.717) is 5.75 Å². The SMILES string of the molecule is COc1cc2c(cc1CC(C)(C)CO)OCO2. The molecule has 0 radical (unpaired) electrons. The third-order valence-corrected chi connectivity index (χ3v) is 2.87. The van der Waals surface area contributed by atoms with E-state index < -0.39 is 0 Å². The van der Waals surface area contributed by atoms with Crippen molar-refractivity contribution in [2.45, 2.75) is 20.3 Å². The van der Waals surface area contributed by atoms with Crippen LogP contribution < -0.4 is 14.2 Å². The smallest absolute Gasteiger partial charge is 0.231 e. The van der Waals surface area contributed by atoms with E-state index in [0.717, 1.165) is 23.5 Å². The van der Waals surface area contributed by atoms with Crippen LogP contribution in [0.2, 0.25) is 0 Å². The highest BCUT2D eigenvalue weighted by Crippen LogP contribution is 2.40. The predicted molar refractivity (Wildman–Crippen MR) is 63.7 cm³/mol. The number of benzene rings is 1. The second kappa shape index (κ2) is 4.45. The summed E-state index contributed by atoms with van der Waals surface area (Å²) in [5.74, 6) is 2.23. The largest absolute Gasteiger partial charge is 0.496 e.